The summed E-state index contributed by atoms with van der Waals surface area (Å²) in [5, 5.41) is 7.29. The van der Waals surface area contributed by atoms with Gasteiger partial charge in [0, 0.05) is 39.6 Å². The Balaban J connectivity index is 1.47. The molecule has 2 aromatic carbocycles. The van der Waals surface area contributed by atoms with Gasteiger partial charge < -0.3 is 15.6 Å². The molecule has 0 fully saturated rings. The van der Waals surface area contributed by atoms with Gasteiger partial charge in [-0.1, -0.05) is 17.7 Å². The lowest BCUT2D eigenvalue weighted by atomic mass is 10.1. The molecule has 0 atom stereocenters. The lowest BCUT2D eigenvalue weighted by Gasteiger charge is -2.15. The maximum absolute atomic E-state index is 13.4. The largest absolute Gasteiger partial charge is 0.433 e. The summed E-state index contributed by atoms with van der Waals surface area (Å²) in [6.07, 6.45) is -1.39. The van der Waals surface area contributed by atoms with Crippen molar-refractivity contribution in [2.24, 2.45) is 0 Å². The highest BCUT2D eigenvalue weighted by molar-refractivity contribution is 6.31. The van der Waals surface area contributed by atoms with Gasteiger partial charge in [0.15, 0.2) is 0 Å². The lowest BCUT2D eigenvalue weighted by Crippen LogP contribution is -2.12. The number of pyridine rings is 2. The maximum Gasteiger partial charge on any atom is 0.433 e. The van der Waals surface area contributed by atoms with Crippen LogP contribution in [0.5, 0.6) is 0 Å². The Morgan fingerprint density at radius 2 is 1.79 bits per heavy atom. The van der Waals surface area contributed by atoms with Crippen molar-refractivity contribution in [3.63, 3.8) is 0 Å². The molecule has 0 saturated carbocycles. The molecule has 34 heavy (non-hydrogen) atoms. The van der Waals surface area contributed by atoms with Crippen molar-refractivity contribution in [1.82, 2.24) is 15.0 Å². The van der Waals surface area contributed by atoms with Crippen molar-refractivity contribution in [3.8, 4) is 0 Å². The molecule has 0 aliphatic carbocycles. The van der Waals surface area contributed by atoms with E-state index < -0.39 is 11.9 Å². The van der Waals surface area contributed by atoms with Gasteiger partial charge in [0.05, 0.1) is 16.8 Å². The quantitative estimate of drug-likeness (QED) is 0.264. The minimum Gasteiger partial charge on any atom is -0.355 e. The number of fused-ring (bicyclic) bond motifs is 2. The van der Waals surface area contributed by atoms with Gasteiger partial charge in [0.2, 0.25) is 0 Å². The van der Waals surface area contributed by atoms with E-state index in [0.717, 1.165) is 6.07 Å². The summed E-state index contributed by atoms with van der Waals surface area (Å²) in [5.41, 5.74) is 1.28. The van der Waals surface area contributed by atoms with Crippen LogP contribution in [-0.2, 0) is 6.18 Å². The van der Waals surface area contributed by atoms with Gasteiger partial charge in [-0.15, -0.1) is 0 Å². The van der Waals surface area contributed by atoms with Crippen LogP contribution in [0.15, 0.2) is 73.1 Å². The van der Waals surface area contributed by atoms with E-state index in [0.29, 0.717) is 38.4 Å². The second-order valence-corrected chi connectivity index (χ2v) is 7.91. The SMILES string of the molecule is O=C(Nc1cccc(Nc2cc(C(F)(F)F)nc3ccc(Cl)cc23)c1)c1ccnc2[nH]ccc12. The van der Waals surface area contributed by atoms with Crippen LogP contribution in [-0.4, -0.2) is 20.9 Å². The molecular weight excluding hydrogens is 467 g/mol. The Morgan fingerprint density at radius 1 is 0.971 bits per heavy atom. The molecule has 6 nitrogen and oxygen atoms in total. The standard InChI is InChI=1S/C24H15ClF3N5O/c25-13-4-5-19-18(10-13)20(12-21(33-19)24(26,27)28)31-14-2-1-3-15(11-14)32-23(34)17-7-9-30-22-16(17)6-8-29-22/h1-12H,(H,29,30)(H,31,33)(H,32,34). The van der Waals surface area contributed by atoms with Gasteiger partial charge in [0.1, 0.15) is 11.3 Å². The summed E-state index contributed by atoms with van der Waals surface area (Å²) in [4.78, 5) is 23.7. The first kappa shape index (κ1) is 21.7. The van der Waals surface area contributed by atoms with Crippen molar-refractivity contribution >= 4 is 56.5 Å². The van der Waals surface area contributed by atoms with Crippen LogP contribution in [0.2, 0.25) is 5.02 Å². The summed E-state index contributed by atoms with van der Waals surface area (Å²) in [5.74, 6) is -0.343. The molecule has 10 heteroatoms. The van der Waals surface area contributed by atoms with E-state index in [1.165, 1.54) is 18.3 Å². The van der Waals surface area contributed by atoms with Gasteiger partial charge in [-0.3, -0.25) is 4.79 Å². The van der Waals surface area contributed by atoms with Crippen LogP contribution < -0.4 is 10.6 Å². The molecule has 0 bridgehead atoms. The number of hydrogen-bond acceptors (Lipinski definition) is 4. The molecule has 0 spiro atoms. The third kappa shape index (κ3) is 4.25. The third-order valence-electron chi connectivity index (χ3n) is 5.17. The van der Waals surface area contributed by atoms with E-state index in [9.17, 15) is 18.0 Å². The van der Waals surface area contributed by atoms with E-state index in [1.54, 1.807) is 48.7 Å². The number of rotatable bonds is 4. The Morgan fingerprint density at radius 3 is 2.62 bits per heavy atom. The average molecular weight is 482 g/mol. The van der Waals surface area contributed by atoms with Crippen molar-refractivity contribution in [2.75, 3.05) is 10.6 Å². The molecule has 0 radical (unpaired) electrons. The third-order valence-corrected chi connectivity index (χ3v) is 5.40. The molecule has 1 amide bonds. The molecular formula is C24H15ClF3N5O. The predicted molar refractivity (Wildman–Crippen MR) is 126 cm³/mol. The minimum atomic E-state index is -4.62. The smallest absolute Gasteiger partial charge is 0.355 e. The first-order valence-electron chi connectivity index (χ1n) is 10.1. The van der Waals surface area contributed by atoms with E-state index in [1.807, 2.05) is 0 Å². The number of anilines is 3. The van der Waals surface area contributed by atoms with E-state index in [2.05, 4.69) is 25.6 Å². The van der Waals surface area contributed by atoms with Crippen molar-refractivity contribution in [3.05, 3.63) is 89.3 Å². The highest BCUT2D eigenvalue weighted by Crippen LogP contribution is 2.35. The van der Waals surface area contributed by atoms with Gasteiger partial charge >= 0.3 is 6.18 Å². The number of amides is 1. The maximum atomic E-state index is 13.4. The molecule has 0 aliphatic heterocycles. The summed E-state index contributed by atoms with van der Waals surface area (Å²) >= 11 is 6.07. The fraction of sp³-hybridized carbons (Fsp3) is 0.0417. The number of carbonyl (C=O) groups is 1. The van der Waals surface area contributed by atoms with Crippen molar-refractivity contribution in [1.29, 1.82) is 0 Å². The van der Waals surface area contributed by atoms with Crippen LogP contribution >= 0.6 is 11.6 Å². The second-order valence-electron chi connectivity index (χ2n) is 7.47. The van der Waals surface area contributed by atoms with Crippen molar-refractivity contribution in [2.45, 2.75) is 6.18 Å². The molecule has 5 rings (SSSR count). The number of halogens is 4. The first-order chi connectivity index (χ1) is 16.3. The number of H-pyrrole nitrogens is 1. The van der Waals surface area contributed by atoms with E-state index in [4.69, 9.17) is 11.6 Å². The number of alkyl halides is 3. The summed E-state index contributed by atoms with van der Waals surface area (Å²) in [6, 6.07) is 15.4. The number of benzene rings is 2. The van der Waals surface area contributed by atoms with Crippen LogP contribution in [0.25, 0.3) is 21.9 Å². The lowest BCUT2D eigenvalue weighted by molar-refractivity contribution is -0.140. The second kappa shape index (κ2) is 8.35. The molecule has 3 N–H and O–H groups in total. The summed E-state index contributed by atoms with van der Waals surface area (Å²) in [6.45, 7) is 0. The van der Waals surface area contributed by atoms with Gasteiger partial charge in [-0.25, -0.2) is 9.97 Å². The van der Waals surface area contributed by atoms with Crippen LogP contribution in [0.3, 0.4) is 0 Å². The Kier molecular flexibility index (Phi) is 5.33. The molecule has 0 saturated heterocycles. The fourth-order valence-electron chi connectivity index (χ4n) is 3.63. The summed E-state index contributed by atoms with van der Waals surface area (Å²) in [7, 11) is 0. The first-order valence-corrected chi connectivity index (χ1v) is 10.4. The van der Waals surface area contributed by atoms with E-state index in [-0.39, 0.29) is 17.1 Å². The Bertz CT molecular complexity index is 1550. The van der Waals surface area contributed by atoms with Crippen LogP contribution in [0.4, 0.5) is 30.2 Å². The Hall–Kier alpha value is -4.11. The predicted octanol–water partition coefficient (Wildman–Crippen LogP) is 6.78. The number of nitrogens with one attached hydrogen (secondary N) is 3. The number of hydrogen-bond donors (Lipinski definition) is 3. The fourth-order valence-corrected chi connectivity index (χ4v) is 3.81. The van der Waals surface area contributed by atoms with Crippen LogP contribution in [0.1, 0.15) is 16.1 Å². The zero-order chi connectivity index (χ0) is 23.9. The zero-order valence-corrected chi connectivity index (χ0v) is 18.0. The van der Waals surface area contributed by atoms with Gasteiger partial charge in [0.25, 0.3) is 5.91 Å². The zero-order valence-electron chi connectivity index (χ0n) is 17.2. The molecule has 3 aromatic heterocycles. The normalized spacial score (nSPS) is 11.6. The minimum absolute atomic E-state index is 0.152. The molecule has 0 aliphatic rings. The molecule has 170 valence electrons. The number of aromatic amines is 1. The molecule has 3 heterocycles. The number of nitrogens with zero attached hydrogens (tertiary/aromatic N) is 2. The van der Waals surface area contributed by atoms with E-state index >= 15 is 0 Å². The number of carbonyl (C=O) groups excluding carboxylic acids is 1. The highest BCUT2D eigenvalue weighted by Gasteiger charge is 2.33. The average Bonchev–Trinajstić information content (AvgIpc) is 3.28. The van der Waals surface area contributed by atoms with Crippen LogP contribution in [0, 0.1) is 0 Å². The monoisotopic (exact) mass is 481 g/mol. The van der Waals surface area contributed by atoms with Gasteiger partial charge in [-0.05, 0) is 54.6 Å². The van der Waals surface area contributed by atoms with Crippen molar-refractivity contribution < 1.29 is 18.0 Å². The molecule has 0 unspecified atom stereocenters. The van der Waals surface area contributed by atoms with Gasteiger partial charge in [-0.2, -0.15) is 13.2 Å². The summed E-state index contributed by atoms with van der Waals surface area (Å²) < 4.78 is 40.2. The topological polar surface area (TPSA) is 82.7 Å². The Labute approximate surface area is 195 Å². The molecule has 5 aromatic rings. The highest BCUT2D eigenvalue weighted by atomic mass is 35.5. The number of aromatic nitrogens is 3.